The number of nitrogens with one attached hydrogen (secondary N) is 2. The molecule has 2 N–H and O–H groups in total. The SMILES string of the molecule is CNCCC(=O)Nc1ccc(SC)cn1. The van der Waals surface area contributed by atoms with Crippen molar-refractivity contribution >= 4 is 23.5 Å². The average molecular weight is 225 g/mol. The first-order valence-corrected chi connectivity index (χ1v) is 5.93. The second-order valence-electron chi connectivity index (χ2n) is 2.98. The Morgan fingerprint density at radius 2 is 2.33 bits per heavy atom. The lowest BCUT2D eigenvalue weighted by Gasteiger charge is -2.04. The third-order valence-corrected chi connectivity index (χ3v) is 2.55. The molecule has 0 radical (unpaired) electrons. The van der Waals surface area contributed by atoms with Crippen LogP contribution in [0.2, 0.25) is 0 Å². The minimum absolute atomic E-state index is 0.0197. The Hall–Kier alpha value is -1.07. The van der Waals surface area contributed by atoms with Crippen LogP contribution < -0.4 is 10.6 Å². The van der Waals surface area contributed by atoms with Gasteiger partial charge in [0.1, 0.15) is 5.82 Å². The first kappa shape index (κ1) is 12.0. The van der Waals surface area contributed by atoms with E-state index in [0.29, 0.717) is 18.8 Å². The normalized spacial score (nSPS) is 10.0. The van der Waals surface area contributed by atoms with Gasteiger partial charge in [-0.3, -0.25) is 4.79 Å². The highest BCUT2D eigenvalue weighted by molar-refractivity contribution is 7.98. The molecule has 0 atom stereocenters. The fourth-order valence-corrected chi connectivity index (χ4v) is 1.38. The standard InChI is InChI=1S/C10H15N3OS/c1-11-6-5-10(14)13-9-4-3-8(15-2)7-12-9/h3-4,7,11H,5-6H2,1-2H3,(H,12,13,14). The maximum Gasteiger partial charge on any atom is 0.226 e. The summed E-state index contributed by atoms with van der Waals surface area (Å²) in [4.78, 5) is 16.5. The highest BCUT2D eigenvalue weighted by atomic mass is 32.2. The van der Waals surface area contributed by atoms with Crippen molar-refractivity contribution in [3.05, 3.63) is 18.3 Å². The fourth-order valence-electron chi connectivity index (χ4n) is 1.02. The van der Waals surface area contributed by atoms with Crippen molar-refractivity contribution in [1.82, 2.24) is 10.3 Å². The van der Waals surface area contributed by atoms with Crippen LogP contribution >= 0.6 is 11.8 Å². The third-order valence-electron chi connectivity index (χ3n) is 1.84. The molecule has 1 aromatic heterocycles. The van der Waals surface area contributed by atoms with Gasteiger partial charge in [0.25, 0.3) is 0 Å². The second kappa shape index (κ2) is 6.42. The van der Waals surface area contributed by atoms with E-state index in [1.807, 2.05) is 25.4 Å². The number of nitrogens with zero attached hydrogens (tertiary/aromatic N) is 1. The highest BCUT2D eigenvalue weighted by Crippen LogP contribution is 2.14. The summed E-state index contributed by atoms with van der Waals surface area (Å²) in [5.41, 5.74) is 0. The number of amides is 1. The Kier molecular flexibility index (Phi) is 5.14. The molecule has 0 aliphatic carbocycles. The average Bonchev–Trinajstić information content (AvgIpc) is 2.27. The first-order chi connectivity index (χ1) is 7.26. The largest absolute Gasteiger partial charge is 0.319 e. The first-order valence-electron chi connectivity index (χ1n) is 4.70. The maximum atomic E-state index is 11.3. The van der Waals surface area contributed by atoms with E-state index >= 15 is 0 Å². The number of thioether (sulfide) groups is 1. The summed E-state index contributed by atoms with van der Waals surface area (Å²) in [5.74, 6) is 0.586. The molecule has 0 aliphatic rings. The van der Waals surface area contributed by atoms with Gasteiger partial charge in [-0.25, -0.2) is 4.98 Å². The quantitative estimate of drug-likeness (QED) is 0.743. The van der Waals surface area contributed by atoms with Gasteiger partial charge in [0.05, 0.1) is 0 Å². The van der Waals surface area contributed by atoms with Crippen molar-refractivity contribution in [3.63, 3.8) is 0 Å². The lowest BCUT2D eigenvalue weighted by atomic mass is 10.4. The van der Waals surface area contributed by atoms with E-state index in [9.17, 15) is 4.79 Å². The molecular formula is C10H15N3OS. The molecule has 0 unspecified atom stereocenters. The van der Waals surface area contributed by atoms with E-state index in [4.69, 9.17) is 0 Å². The molecule has 82 valence electrons. The zero-order chi connectivity index (χ0) is 11.1. The fraction of sp³-hybridized carbons (Fsp3) is 0.400. The van der Waals surface area contributed by atoms with E-state index in [-0.39, 0.29) is 5.91 Å². The van der Waals surface area contributed by atoms with Crippen LogP contribution in [0, 0.1) is 0 Å². The number of carbonyl (C=O) groups is 1. The molecule has 0 bridgehead atoms. The predicted octanol–water partition coefficient (Wildman–Crippen LogP) is 1.35. The van der Waals surface area contributed by atoms with Gasteiger partial charge in [-0.15, -0.1) is 11.8 Å². The van der Waals surface area contributed by atoms with Gasteiger partial charge >= 0.3 is 0 Å². The van der Waals surface area contributed by atoms with Crippen LogP contribution in [-0.4, -0.2) is 30.7 Å². The minimum Gasteiger partial charge on any atom is -0.319 e. The van der Waals surface area contributed by atoms with Crippen LogP contribution in [-0.2, 0) is 4.79 Å². The molecule has 1 heterocycles. The van der Waals surface area contributed by atoms with Gasteiger partial charge in [-0.2, -0.15) is 0 Å². The number of carbonyl (C=O) groups excluding carboxylic acids is 1. The smallest absolute Gasteiger partial charge is 0.226 e. The minimum atomic E-state index is -0.0197. The number of hydrogen-bond donors (Lipinski definition) is 2. The summed E-state index contributed by atoms with van der Waals surface area (Å²) in [5, 5.41) is 5.65. The molecule has 0 aromatic carbocycles. The molecular weight excluding hydrogens is 210 g/mol. The molecule has 1 amide bonds. The summed E-state index contributed by atoms with van der Waals surface area (Å²) in [6.07, 6.45) is 4.20. The van der Waals surface area contributed by atoms with Gasteiger partial charge in [-0.1, -0.05) is 0 Å². The molecule has 15 heavy (non-hydrogen) atoms. The van der Waals surface area contributed by atoms with Gasteiger partial charge in [-0.05, 0) is 25.4 Å². The Labute approximate surface area is 93.9 Å². The van der Waals surface area contributed by atoms with Crippen LogP contribution in [0.15, 0.2) is 23.2 Å². The number of anilines is 1. The molecule has 1 rings (SSSR count). The van der Waals surface area contributed by atoms with Crippen molar-refractivity contribution < 1.29 is 4.79 Å². The second-order valence-corrected chi connectivity index (χ2v) is 3.86. The molecule has 0 saturated heterocycles. The summed E-state index contributed by atoms with van der Waals surface area (Å²) in [7, 11) is 1.82. The van der Waals surface area contributed by atoms with Crippen LogP contribution in [0.3, 0.4) is 0 Å². The topological polar surface area (TPSA) is 54.0 Å². The van der Waals surface area contributed by atoms with Crippen LogP contribution in [0.25, 0.3) is 0 Å². The number of rotatable bonds is 5. The van der Waals surface area contributed by atoms with E-state index in [0.717, 1.165) is 4.90 Å². The van der Waals surface area contributed by atoms with Crippen molar-refractivity contribution in [3.8, 4) is 0 Å². The summed E-state index contributed by atoms with van der Waals surface area (Å²) < 4.78 is 0. The number of aromatic nitrogens is 1. The number of hydrogen-bond acceptors (Lipinski definition) is 4. The molecule has 0 saturated carbocycles. The van der Waals surface area contributed by atoms with Gasteiger partial charge < -0.3 is 10.6 Å². The molecule has 0 fully saturated rings. The summed E-state index contributed by atoms with van der Waals surface area (Å²) >= 11 is 1.63. The molecule has 0 spiro atoms. The predicted molar refractivity (Wildman–Crippen MR) is 63.2 cm³/mol. The van der Waals surface area contributed by atoms with Crippen LogP contribution in [0.5, 0.6) is 0 Å². The van der Waals surface area contributed by atoms with E-state index in [1.54, 1.807) is 18.0 Å². The lowest BCUT2D eigenvalue weighted by molar-refractivity contribution is -0.116. The lowest BCUT2D eigenvalue weighted by Crippen LogP contribution is -2.19. The van der Waals surface area contributed by atoms with Crippen molar-refractivity contribution in [2.24, 2.45) is 0 Å². The van der Waals surface area contributed by atoms with Crippen molar-refractivity contribution in [2.45, 2.75) is 11.3 Å². The molecule has 1 aromatic rings. The van der Waals surface area contributed by atoms with E-state index in [2.05, 4.69) is 15.6 Å². The monoisotopic (exact) mass is 225 g/mol. The maximum absolute atomic E-state index is 11.3. The van der Waals surface area contributed by atoms with E-state index in [1.165, 1.54) is 0 Å². The van der Waals surface area contributed by atoms with Crippen LogP contribution in [0.4, 0.5) is 5.82 Å². The Morgan fingerprint density at radius 3 is 2.87 bits per heavy atom. The third kappa shape index (κ3) is 4.31. The molecule has 5 heteroatoms. The summed E-state index contributed by atoms with van der Waals surface area (Å²) in [6, 6.07) is 3.74. The Balaban J connectivity index is 2.46. The van der Waals surface area contributed by atoms with Crippen molar-refractivity contribution in [2.75, 3.05) is 25.2 Å². The van der Waals surface area contributed by atoms with Gasteiger partial charge in [0.15, 0.2) is 0 Å². The summed E-state index contributed by atoms with van der Waals surface area (Å²) in [6.45, 7) is 0.675. The Bertz CT molecular complexity index is 313. The van der Waals surface area contributed by atoms with Crippen molar-refractivity contribution in [1.29, 1.82) is 0 Å². The number of pyridine rings is 1. The molecule has 4 nitrogen and oxygen atoms in total. The zero-order valence-corrected chi connectivity index (χ0v) is 9.73. The van der Waals surface area contributed by atoms with Crippen LogP contribution in [0.1, 0.15) is 6.42 Å². The van der Waals surface area contributed by atoms with E-state index < -0.39 is 0 Å². The Morgan fingerprint density at radius 1 is 1.53 bits per heavy atom. The zero-order valence-electron chi connectivity index (χ0n) is 8.91. The molecule has 0 aliphatic heterocycles. The highest BCUT2D eigenvalue weighted by Gasteiger charge is 2.01. The van der Waals surface area contributed by atoms with Gasteiger partial charge in [0.2, 0.25) is 5.91 Å². The van der Waals surface area contributed by atoms with Gasteiger partial charge in [0, 0.05) is 24.1 Å².